The van der Waals surface area contributed by atoms with Gasteiger partial charge >= 0.3 is 0 Å². The Morgan fingerprint density at radius 3 is 2.74 bits per heavy atom. The number of para-hydroxylation sites is 2. The molecule has 0 radical (unpaired) electrons. The SMILES string of the molecule is O=Cc1cccc(CNc2ccc(-c3nc4ccccc4o3)cc2N=O)c1. The van der Waals surface area contributed by atoms with E-state index in [2.05, 4.69) is 15.5 Å². The molecule has 0 amide bonds. The van der Waals surface area contributed by atoms with E-state index < -0.39 is 0 Å². The van der Waals surface area contributed by atoms with Gasteiger partial charge in [0.05, 0.1) is 5.69 Å². The van der Waals surface area contributed by atoms with Crippen molar-refractivity contribution in [1.82, 2.24) is 4.98 Å². The molecule has 6 heteroatoms. The van der Waals surface area contributed by atoms with Crippen LogP contribution in [0.2, 0.25) is 0 Å². The lowest BCUT2D eigenvalue weighted by atomic mass is 10.1. The molecule has 0 saturated heterocycles. The Bertz CT molecular complexity index is 1100. The van der Waals surface area contributed by atoms with Gasteiger partial charge < -0.3 is 9.73 Å². The highest BCUT2D eigenvalue weighted by Gasteiger charge is 2.11. The van der Waals surface area contributed by atoms with E-state index in [0.717, 1.165) is 17.4 Å². The Morgan fingerprint density at radius 2 is 1.93 bits per heavy atom. The van der Waals surface area contributed by atoms with Gasteiger partial charge in [0.25, 0.3) is 0 Å². The number of nitroso groups, excluding NO2 is 1. The molecule has 4 aromatic rings. The minimum absolute atomic E-state index is 0.265. The molecule has 0 aliphatic heterocycles. The molecule has 0 fully saturated rings. The molecule has 0 spiro atoms. The van der Waals surface area contributed by atoms with Gasteiger partial charge in [0.15, 0.2) is 5.58 Å². The van der Waals surface area contributed by atoms with Crippen molar-refractivity contribution in [2.45, 2.75) is 6.54 Å². The predicted molar refractivity (Wildman–Crippen MR) is 104 cm³/mol. The second-order valence-corrected chi connectivity index (χ2v) is 6.03. The van der Waals surface area contributed by atoms with Crippen LogP contribution >= 0.6 is 0 Å². The monoisotopic (exact) mass is 357 g/mol. The molecule has 0 aliphatic rings. The van der Waals surface area contributed by atoms with Gasteiger partial charge in [-0.15, -0.1) is 4.91 Å². The first-order chi connectivity index (χ1) is 13.3. The average molecular weight is 357 g/mol. The second kappa shape index (κ2) is 7.21. The number of rotatable bonds is 6. The molecule has 1 heterocycles. The Hall–Kier alpha value is -3.80. The van der Waals surface area contributed by atoms with Crippen LogP contribution in [-0.4, -0.2) is 11.3 Å². The Kier molecular flexibility index (Phi) is 4.45. The number of anilines is 1. The number of benzene rings is 3. The maximum absolute atomic E-state index is 11.3. The number of aldehydes is 1. The van der Waals surface area contributed by atoms with Crippen LogP contribution < -0.4 is 5.32 Å². The number of carbonyl (C=O) groups excluding carboxylic acids is 1. The van der Waals surface area contributed by atoms with E-state index in [4.69, 9.17) is 4.42 Å². The summed E-state index contributed by atoms with van der Waals surface area (Å²) in [6, 6.07) is 20.0. The summed E-state index contributed by atoms with van der Waals surface area (Å²) in [6.07, 6.45) is 0.803. The normalized spacial score (nSPS) is 10.7. The van der Waals surface area contributed by atoms with Gasteiger partial charge in [0.2, 0.25) is 5.89 Å². The van der Waals surface area contributed by atoms with Gasteiger partial charge in [-0.1, -0.05) is 30.3 Å². The zero-order valence-corrected chi connectivity index (χ0v) is 14.3. The number of nitrogens with zero attached hydrogens (tertiary/aromatic N) is 2. The topological polar surface area (TPSA) is 84.6 Å². The Morgan fingerprint density at radius 1 is 1.04 bits per heavy atom. The molecule has 0 unspecified atom stereocenters. The van der Waals surface area contributed by atoms with Crippen LogP contribution in [0.5, 0.6) is 0 Å². The van der Waals surface area contributed by atoms with E-state index >= 15 is 0 Å². The summed E-state index contributed by atoms with van der Waals surface area (Å²) in [5, 5.41) is 6.29. The number of carbonyl (C=O) groups is 1. The van der Waals surface area contributed by atoms with Gasteiger partial charge in [0.1, 0.15) is 17.5 Å². The number of fused-ring (bicyclic) bond motifs is 1. The third kappa shape index (κ3) is 3.46. The molecule has 0 saturated carbocycles. The van der Waals surface area contributed by atoms with Gasteiger partial charge in [-0.25, -0.2) is 4.98 Å². The fourth-order valence-corrected chi connectivity index (χ4v) is 2.86. The number of aromatic nitrogens is 1. The van der Waals surface area contributed by atoms with Gasteiger partial charge in [0, 0.05) is 17.7 Å². The highest BCUT2D eigenvalue weighted by molar-refractivity contribution is 5.78. The highest BCUT2D eigenvalue weighted by Crippen LogP contribution is 2.32. The van der Waals surface area contributed by atoms with Crippen LogP contribution in [0.1, 0.15) is 15.9 Å². The minimum Gasteiger partial charge on any atom is -0.436 e. The smallest absolute Gasteiger partial charge is 0.227 e. The fourth-order valence-electron chi connectivity index (χ4n) is 2.86. The second-order valence-electron chi connectivity index (χ2n) is 6.03. The molecule has 0 bridgehead atoms. The summed E-state index contributed by atoms with van der Waals surface area (Å²) < 4.78 is 5.74. The minimum atomic E-state index is 0.265. The fraction of sp³-hybridized carbons (Fsp3) is 0.0476. The van der Waals surface area contributed by atoms with Crippen LogP contribution in [0.25, 0.3) is 22.6 Å². The third-order valence-corrected chi connectivity index (χ3v) is 4.21. The molecule has 3 aromatic carbocycles. The zero-order chi connectivity index (χ0) is 18.6. The van der Waals surface area contributed by atoms with Crippen molar-refractivity contribution in [2.24, 2.45) is 5.18 Å². The first kappa shape index (κ1) is 16.7. The molecule has 6 nitrogen and oxygen atoms in total. The maximum atomic E-state index is 11.3. The van der Waals surface area contributed by atoms with Gasteiger partial charge in [-0.3, -0.25) is 4.79 Å². The molecular weight excluding hydrogens is 342 g/mol. The average Bonchev–Trinajstić information content (AvgIpc) is 3.16. The van der Waals surface area contributed by atoms with Crippen molar-refractivity contribution < 1.29 is 9.21 Å². The maximum Gasteiger partial charge on any atom is 0.227 e. The van der Waals surface area contributed by atoms with Crippen LogP contribution in [0.15, 0.2) is 76.3 Å². The quantitative estimate of drug-likeness (QED) is 0.373. The Labute approximate surface area is 154 Å². The van der Waals surface area contributed by atoms with Crippen LogP contribution in [0.4, 0.5) is 11.4 Å². The van der Waals surface area contributed by atoms with Crippen molar-refractivity contribution in [2.75, 3.05) is 5.32 Å². The number of hydrogen-bond donors (Lipinski definition) is 1. The summed E-state index contributed by atoms with van der Waals surface area (Å²) >= 11 is 0. The standard InChI is InChI=1S/C21H15N3O3/c25-13-15-5-3-4-14(10-15)12-22-17-9-8-16(11-19(17)24-26)21-23-18-6-1-2-7-20(18)27-21/h1-11,13,22H,12H2. The molecular formula is C21H15N3O3. The molecule has 27 heavy (non-hydrogen) atoms. The molecule has 0 aliphatic carbocycles. The van der Waals surface area contributed by atoms with E-state index in [1.807, 2.05) is 42.5 Å². The van der Waals surface area contributed by atoms with Gasteiger partial charge in [-0.05, 0) is 47.1 Å². The van der Waals surface area contributed by atoms with E-state index in [9.17, 15) is 9.70 Å². The van der Waals surface area contributed by atoms with Crippen molar-refractivity contribution in [3.63, 3.8) is 0 Å². The van der Waals surface area contributed by atoms with Crippen molar-refractivity contribution in [3.05, 3.63) is 82.8 Å². The summed E-state index contributed by atoms with van der Waals surface area (Å²) in [6.45, 7) is 0.465. The summed E-state index contributed by atoms with van der Waals surface area (Å²) in [7, 11) is 0. The van der Waals surface area contributed by atoms with Gasteiger partial charge in [-0.2, -0.15) is 0 Å². The van der Waals surface area contributed by atoms with Crippen molar-refractivity contribution in [1.29, 1.82) is 0 Å². The lowest BCUT2D eigenvalue weighted by Crippen LogP contribution is -2.00. The van der Waals surface area contributed by atoms with E-state index in [-0.39, 0.29) is 5.69 Å². The molecule has 132 valence electrons. The van der Waals surface area contributed by atoms with E-state index in [1.165, 1.54) is 0 Å². The predicted octanol–water partition coefficient (Wildman–Crippen LogP) is 5.32. The van der Waals surface area contributed by atoms with Crippen molar-refractivity contribution in [3.8, 4) is 11.5 Å². The molecule has 1 N–H and O–H groups in total. The van der Waals surface area contributed by atoms with Crippen molar-refractivity contribution >= 4 is 28.8 Å². The highest BCUT2D eigenvalue weighted by atomic mass is 16.3. The van der Waals surface area contributed by atoms with Crippen LogP contribution in [0, 0.1) is 4.91 Å². The van der Waals surface area contributed by atoms with Crippen LogP contribution in [0.3, 0.4) is 0 Å². The zero-order valence-electron chi connectivity index (χ0n) is 14.3. The number of hydrogen-bond acceptors (Lipinski definition) is 6. The number of nitrogens with one attached hydrogen (secondary N) is 1. The molecule has 1 aromatic heterocycles. The Balaban J connectivity index is 1.59. The molecule has 4 rings (SSSR count). The van der Waals surface area contributed by atoms with E-state index in [0.29, 0.717) is 34.8 Å². The summed E-state index contributed by atoms with van der Waals surface area (Å²) in [5.74, 6) is 0.436. The summed E-state index contributed by atoms with van der Waals surface area (Å²) in [4.78, 5) is 26.6. The number of oxazole rings is 1. The largest absolute Gasteiger partial charge is 0.436 e. The lowest BCUT2D eigenvalue weighted by Gasteiger charge is -2.09. The lowest BCUT2D eigenvalue weighted by molar-refractivity contribution is 0.112. The molecule has 0 atom stereocenters. The van der Waals surface area contributed by atoms with Crippen LogP contribution in [-0.2, 0) is 6.54 Å². The summed E-state index contributed by atoms with van der Waals surface area (Å²) in [5.41, 5.74) is 4.52. The first-order valence-corrected chi connectivity index (χ1v) is 8.38. The third-order valence-electron chi connectivity index (χ3n) is 4.21. The van der Waals surface area contributed by atoms with E-state index in [1.54, 1.807) is 24.3 Å². The first-order valence-electron chi connectivity index (χ1n) is 8.38.